The Morgan fingerprint density at radius 2 is 1.75 bits per heavy atom. The summed E-state index contributed by atoms with van der Waals surface area (Å²) in [5.41, 5.74) is -0.198. The number of rotatable bonds is 4. The van der Waals surface area contributed by atoms with Crippen LogP contribution in [0.1, 0.15) is 53.5 Å². The van der Waals surface area contributed by atoms with Gasteiger partial charge in [0.05, 0.1) is 10.4 Å². The van der Waals surface area contributed by atoms with Crippen molar-refractivity contribution in [2.45, 2.75) is 65.6 Å². The van der Waals surface area contributed by atoms with Gasteiger partial charge in [-0.05, 0) is 93.9 Å². The molecule has 2 aliphatic heterocycles. The van der Waals surface area contributed by atoms with E-state index in [1.54, 1.807) is 4.90 Å². The summed E-state index contributed by atoms with van der Waals surface area (Å²) in [6.07, 6.45) is 0.858. The molecule has 1 aromatic rings. The average Bonchev–Trinajstić information content (AvgIpc) is 3.13. The first-order valence-electron chi connectivity index (χ1n) is 11.1. The van der Waals surface area contributed by atoms with Crippen molar-refractivity contribution in [3.63, 3.8) is 0 Å². The van der Waals surface area contributed by atoms with Crippen LogP contribution < -0.4 is 9.47 Å². The van der Waals surface area contributed by atoms with Gasteiger partial charge in [0.25, 0.3) is 0 Å². The number of halogens is 1. The van der Waals surface area contributed by atoms with E-state index in [1.165, 1.54) is 0 Å². The molecule has 0 aliphatic carbocycles. The third-order valence-corrected chi connectivity index (χ3v) is 5.86. The van der Waals surface area contributed by atoms with Crippen molar-refractivity contribution < 1.29 is 28.5 Å². The van der Waals surface area contributed by atoms with Gasteiger partial charge in [-0.15, -0.1) is 0 Å². The number of benzene rings is 1. The number of carbonyl (C=O) groups is 2. The molecule has 1 saturated heterocycles. The molecule has 0 saturated carbocycles. The van der Waals surface area contributed by atoms with E-state index >= 15 is 0 Å². The second-order valence-electron chi connectivity index (χ2n) is 10.4. The zero-order valence-corrected chi connectivity index (χ0v) is 21.4. The van der Waals surface area contributed by atoms with Gasteiger partial charge in [0, 0.05) is 13.1 Å². The molecule has 8 heteroatoms. The number of hydrogen-bond donors (Lipinski definition) is 0. The SMILES string of the molecule is CC(C)(C)OC(=O)[C@@H](Cc1cc(Br)c2c(c1)OCCO2)[C@H]1CCN(C(=O)OC(C)(C)C)C1. The molecule has 0 aromatic heterocycles. The highest BCUT2D eigenvalue weighted by Crippen LogP contribution is 2.40. The number of nitrogens with zero attached hydrogens (tertiary/aromatic N) is 1. The van der Waals surface area contributed by atoms with Crippen LogP contribution in [-0.2, 0) is 20.7 Å². The van der Waals surface area contributed by atoms with Crippen LogP contribution in [-0.4, -0.2) is 54.5 Å². The van der Waals surface area contributed by atoms with Crippen molar-refractivity contribution in [1.82, 2.24) is 4.90 Å². The van der Waals surface area contributed by atoms with Crippen LogP contribution in [0.2, 0.25) is 0 Å². The van der Waals surface area contributed by atoms with Gasteiger partial charge in [-0.3, -0.25) is 4.79 Å². The van der Waals surface area contributed by atoms with Crippen LogP contribution in [0.4, 0.5) is 4.79 Å². The Balaban J connectivity index is 1.80. The second-order valence-corrected chi connectivity index (χ2v) is 11.3. The van der Waals surface area contributed by atoms with Gasteiger partial charge in [0.2, 0.25) is 0 Å². The van der Waals surface area contributed by atoms with Gasteiger partial charge in [-0.2, -0.15) is 0 Å². The summed E-state index contributed by atoms with van der Waals surface area (Å²) < 4.78 is 23.5. The van der Waals surface area contributed by atoms with Gasteiger partial charge in [0.15, 0.2) is 11.5 Å². The predicted molar refractivity (Wildman–Crippen MR) is 124 cm³/mol. The van der Waals surface area contributed by atoms with Gasteiger partial charge >= 0.3 is 12.1 Å². The third kappa shape index (κ3) is 6.53. The topological polar surface area (TPSA) is 74.3 Å². The molecule has 2 aliphatic rings. The van der Waals surface area contributed by atoms with Gasteiger partial charge in [0.1, 0.15) is 24.4 Å². The highest BCUT2D eigenvalue weighted by molar-refractivity contribution is 9.10. The molecular formula is C24H34BrNO6. The Morgan fingerprint density at radius 1 is 1.09 bits per heavy atom. The molecule has 7 nitrogen and oxygen atoms in total. The minimum atomic E-state index is -0.591. The van der Waals surface area contributed by atoms with E-state index < -0.39 is 17.1 Å². The van der Waals surface area contributed by atoms with Crippen molar-refractivity contribution in [1.29, 1.82) is 0 Å². The summed E-state index contributed by atoms with van der Waals surface area (Å²) in [5.74, 6) is 0.691. The average molecular weight is 512 g/mol. The summed E-state index contributed by atoms with van der Waals surface area (Å²) in [5, 5.41) is 0. The fourth-order valence-corrected chi connectivity index (χ4v) is 4.57. The molecule has 1 amide bonds. The molecule has 2 atom stereocenters. The van der Waals surface area contributed by atoms with Crippen molar-refractivity contribution in [3.05, 3.63) is 22.2 Å². The second kappa shape index (κ2) is 9.49. The van der Waals surface area contributed by atoms with Gasteiger partial charge in [-0.25, -0.2) is 4.79 Å². The number of amides is 1. The molecule has 178 valence electrons. The minimum Gasteiger partial charge on any atom is -0.486 e. The molecule has 0 unspecified atom stereocenters. The van der Waals surface area contributed by atoms with E-state index in [1.807, 2.05) is 53.7 Å². The normalized spacial score (nSPS) is 19.5. The van der Waals surface area contributed by atoms with Crippen LogP contribution in [0.3, 0.4) is 0 Å². The van der Waals surface area contributed by atoms with Gasteiger partial charge < -0.3 is 23.8 Å². The quantitative estimate of drug-likeness (QED) is 0.530. The van der Waals surface area contributed by atoms with E-state index in [9.17, 15) is 9.59 Å². The number of ether oxygens (including phenoxy) is 4. The Morgan fingerprint density at radius 3 is 2.41 bits per heavy atom. The highest BCUT2D eigenvalue weighted by atomic mass is 79.9. The van der Waals surface area contributed by atoms with E-state index in [0.29, 0.717) is 44.2 Å². The van der Waals surface area contributed by atoms with Crippen molar-refractivity contribution in [2.75, 3.05) is 26.3 Å². The predicted octanol–water partition coefficient (Wildman–Crippen LogP) is 4.98. The molecule has 3 rings (SSSR count). The molecule has 32 heavy (non-hydrogen) atoms. The van der Waals surface area contributed by atoms with Crippen LogP contribution in [0.25, 0.3) is 0 Å². The maximum absolute atomic E-state index is 13.2. The minimum absolute atomic E-state index is 0.0238. The van der Waals surface area contributed by atoms with Crippen molar-refractivity contribution in [2.24, 2.45) is 11.8 Å². The molecule has 1 aromatic carbocycles. The van der Waals surface area contributed by atoms with Crippen LogP contribution in [0, 0.1) is 11.8 Å². The summed E-state index contributed by atoms with van der Waals surface area (Å²) in [4.78, 5) is 27.4. The van der Waals surface area contributed by atoms with Crippen LogP contribution in [0.15, 0.2) is 16.6 Å². The lowest BCUT2D eigenvalue weighted by atomic mass is 9.86. The summed E-state index contributed by atoms with van der Waals surface area (Å²) in [6.45, 7) is 13.2. The summed E-state index contributed by atoms with van der Waals surface area (Å²) in [7, 11) is 0. The molecular weight excluding hydrogens is 478 g/mol. The zero-order chi connectivity index (χ0) is 23.7. The van der Waals surface area contributed by atoms with E-state index in [2.05, 4.69) is 15.9 Å². The standard InChI is InChI=1S/C24H34BrNO6/c1-23(2,3)31-21(27)17(16-7-8-26(14-16)22(28)32-24(4,5)6)11-15-12-18(25)20-19(13-15)29-9-10-30-20/h12-13,16-17H,7-11,14H2,1-6H3/t16-,17-/m0/s1. The van der Waals surface area contributed by atoms with Crippen LogP contribution >= 0.6 is 15.9 Å². The van der Waals surface area contributed by atoms with Crippen molar-refractivity contribution in [3.8, 4) is 11.5 Å². The molecule has 0 bridgehead atoms. The van der Waals surface area contributed by atoms with Crippen molar-refractivity contribution >= 4 is 28.0 Å². The molecule has 0 radical (unpaired) electrons. The van der Waals surface area contributed by atoms with Gasteiger partial charge in [-0.1, -0.05) is 0 Å². The third-order valence-electron chi connectivity index (χ3n) is 5.27. The monoisotopic (exact) mass is 511 g/mol. The maximum atomic E-state index is 13.2. The number of carbonyl (C=O) groups excluding carboxylic acids is 2. The number of esters is 1. The smallest absolute Gasteiger partial charge is 0.410 e. The van der Waals surface area contributed by atoms with E-state index in [0.717, 1.165) is 16.5 Å². The lowest BCUT2D eigenvalue weighted by Crippen LogP contribution is -2.38. The maximum Gasteiger partial charge on any atom is 0.410 e. The largest absolute Gasteiger partial charge is 0.486 e. The zero-order valence-electron chi connectivity index (χ0n) is 19.8. The lowest BCUT2D eigenvalue weighted by Gasteiger charge is -2.28. The fraction of sp³-hybridized carbons (Fsp3) is 0.667. The Bertz CT molecular complexity index is 857. The molecule has 0 spiro atoms. The molecule has 2 heterocycles. The van der Waals surface area contributed by atoms with E-state index in [-0.39, 0.29) is 18.0 Å². The molecule has 1 fully saturated rings. The first kappa shape index (κ1) is 24.7. The van der Waals surface area contributed by atoms with E-state index in [4.69, 9.17) is 18.9 Å². The number of fused-ring (bicyclic) bond motifs is 1. The number of hydrogen-bond acceptors (Lipinski definition) is 6. The lowest BCUT2D eigenvalue weighted by molar-refractivity contribution is -0.161. The highest BCUT2D eigenvalue weighted by Gasteiger charge is 2.39. The Labute approximate surface area is 198 Å². The Kier molecular flexibility index (Phi) is 7.32. The number of likely N-dealkylation sites (tertiary alicyclic amines) is 1. The Hall–Kier alpha value is -1.96. The fourth-order valence-electron chi connectivity index (χ4n) is 3.96. The molecule has 0 N–H and O–H groups in total. The summed E-state index contributed by atoms with van der Waals surface area (Å²) >= 11 is 3.56. The summed E-state index contributed by atoms with van der Waals surface area (Å²) in [6, 6.07) is 3.89. The first-order valence-corrected chi connectivity index (χ1v) is 11.9. The first-order chi connectivity index (χ1) is 14.8. The van der Waals surface area contributed by atoms with Crippen LogP contribution in [0.5, 0.6) is 11.5 Å².